The monoisotopic (exact) mass is 741 g/mol. The summed E-state index contributed by atoms with van der Waals surface area (Å²) in [6.45, 7) is 0. The first-order valence-corrected chi connectivity index (χ1v) is 17.5. The third-order valence-electron chi connectivity index (χ3n) is 6.11. The van der Waals surface area contributed by atoms with Crippen LogP contribution < -0.4 is 10.6 Å². The van der Waals surface area contributed by atoms with Crippen LogP contribution in [-0.2, 0) is 30.4 Å². The molecule has 0 radical (unpaired) electrons. The van der Waals surface area contributed by atoms with Gasteiger partial charge in [0.05, 0.1) is 21.8 Å². The Bertz CT molecular complexity index is 2450. The lowest BCUT2D eigenvalue weighted by atomic mass is 10.1. The quantitative estimate of drug-likeness (QED) is 0.0783. The number of azo groups is 1. The number of para-hydroxylation sites is 1. The van der Waals surface area contributed by atoms with Crippen LogP contribution in [0.2, 0.25) is 10.3 Å². The SMILES string of the molecule is O=S(=O)(O)c1ccccc1N=Nc1c(S(=O)(=O)O)cc2c(S(=O)(=O)O)ccc(Nc3nc(Cl)nc(Nc4ccccc4Cl)n3)c2c1O. The minimum Gasteiger partial charge on any atom is -0.505 e. The van der Waals surface area contributed by atoms with Crippen LogP contribution in [0.25, 0.3) is 10.8 Å². The molecule has 0 unspecified atom stereocenters. The predicted molar refractivity (Wildman–Crippen MR) is 169 cm³/mol. The molecule has 0 aliphatic heterocycles. The molecular formula is C25H17Cl2N7O10S3. The standard InChI is InChI=1S/C25H17Cl2N7O10S3/c26-13-5-1-2-6-14(13)28-24-30-23(27)31-25(32-24)29-16-9-10-17(45(36,37)38)12-11-19(47(42,43)44)21(22(35)20(12)16)34-33-15-7-3-4-8-18(15)46(39,40)41/h1-11,35H,(H,36,37,38)(H,39,40,41)(H,42,43,44)(H2,28,29,30,31,32). The number of phenolic OH excluding ortho intramolecular Hbond substituents is 1. The van der Waals surface area contributed by atoms with Crippen LogP contribution in [0.3, 0.4) is 0 Å². The van der Waals surface area contributed by atoms with Gasteiger partial charge in [-0.1, -0.05) is 35.9 Å². The highest BCUT2D eigenvalue weighted by atomic mass is 35.5. The van der Waals surface area contributed by atoms with E-state index in [4.69, 9.17) is 23.2 Å². The van der Waals surface area contributed by atoms with Crippen LogP contribution in [0.5, 0.6) is 5.75 Å². The molecule has 4 aromatic carbocycles. The van der Waals surface area contributed by atoms with Gasteiger partial charge in [0, 0.05) is 5.39 Å². The number of nitrogens with zero attached hydrogens (tertiary/aromatic N) is 5. The highest BCUT2D eigenvalue weighted by Crippen LogP contribution is 2.46. The van der Waals surface area contributed by atoms with Gasteiger partial charge in [-0.2, -0.15) is 40.2 Å². The van der Waals surface area contributed by atoms with Crippen molar-refractivity contribution in [1.29, 1.82) is 0 Å². The number of aromatic nitrogens is 3. The Morgan fingerprint density at radius 3 is 1.83 bits per heavy atom. The van der Waals surface area contributed by atoms with Crippen LogP contribution in [0.1, 0.15) is 0 Å². The van der Waals surface area contributed by atoms with Crippen molar-refractivity contribution in [2.45, 2.75) is 14.7 Å². The first-order valence-electron chi connectivity index (χ1n) is 12.4. The minimum absolute atomic E-state index is 0.107. The summed E-state index contributed by atoms with van der Waals surface area (Å²) in [6, 6.07) is 13.6. The molecule has 0 aliphatic rings. The molecule has 244 valence electrons. The molecule has 0 amide bonds. The van der Waals surface area contributed by atoms with Gasteiger partial charge in [-0.3, -0.25) is 13.7 Å². The maximum absolute atomic E-state index is 12.4. The first-order chi connectivity index (χ1) is 21.9. The van der Waals surface area contributed by atoms with Crippen molar-refractivity contribution >= 4 is 99.0 Å². The van der Waals surface area contributed by atoms with E-state index < -0.39 is 72.9 Å². The number of phenols is 1. The Balaban J connectivity index is 1.74. The summed E-state index contributed by atoms with van der Waals surface area (Å²) in [7, 11) is -15.3. The summed E-state index contributed by atoms with van der Waals surface area (Å²) in [5, 5.41) is 23.0. The van der Waals surface area contributed by atoms with Crippen LogP contribution >= 0.6 is 23.2 Å². The molecule has 0 fully saturated rings. The summed E-state index contributed by atoms with van der Waals surface area (Å²) in [6.07, 6.45) is 0. The van der Waals surface area contributed by atoms with Gasteiger partial charge in [0.2, 0.25) is 17.2 Å². The molecule has 47 heavy (non-hydrogen) atoms. The number of anilines is 4. The molecule has 0 atom stereocenters. The Kier molecular flexibility index (Phi) is 9.05. The van der Waals surface area contributed by atoms with Crippen molar-refractivity contribution in [2.24, 2.45) is 10.2 Å². The second-order valence-electron chi connectivity index (χ2n) is 9.18. The second-order valence-corrected chi connectivity index (χ2v) is 14.1. The van der Waals surface area contributed by atoms with Crippen LogP contribution in [0.4, 0.5) is 34.6 Å². The molecule has 0 aliphatic carbocycles. The van der Waals surface area contributed by atoms with Crippen molar-refractivity contribution in [3.05, 3.63) is 77.0 Å². The highest BCUT2D eigenvalue weighted by molar-refractivity contribution is 7.86. The van der Waals surface area contributed by atoms with E-state index in [-0.39, 0.29) is 22.9 Å². The lowest BCUT2D eigenvalue weighted by Crippen LogP contribution is -2.06. The molecule has 0 saturated carbocycles. The third kappa shape index (κ3) is 7.39. The molecule has 0 saturated heterocycles. The third-order valence-corrected chi connectivity index (χ3v) is 9.29. The zero-order valence-corrected chi connectivity index (χ0v) is 26.8. The van der Waals surface area contributed by atoms with Crippen LogP contribution in [0, 0.1) is 0 Å². The number of rotatable bonds is 9. The van der Waals surface area contributed by atoms with E-state index >= 15 is 0 Å². The van der Waals surface area contributed by atoms with Gasteiger partial charge in [-0.05, 0) is 54.1 Å². The summed E-state index contributed by atoms with van der Waals surface area (Å²) < 4.78 is 102. The summed E-state index contributed by atoms with van der Waals surface area (Å²) in [4.78, 5) is 9.25. The topological polar surface area (TPSA) is 271 Å². The first kappa shape index (κ1) is 33.8. The smallest absolute Gasteiger partial charge is 0.296 e. The molecule has 0 bridgehead atoms. The molecule has 1 heterocycles. The zero-order chi connectivity index (χ0) is 34.3. The summed E-state index contributed by atoms with van der Waals surface area (Å²) in [5.74, 6) is -1.51. The Labute approximate surface area is 275 Å². The fourth-order valence-corrected chi connectivity index (χ4v) is 6.48. The van der Waals surface area contributed by atoms with Crippen molar-refractivity contribution in [1.82, 2.24) is 15.0 Å². The molecule has 6 N–H and O–H groups in total. The number of aromatic hydroxyl groups is 1. The number of fused-ring (bicyclic) bond motifs is 1. The number of hydrogen-bond donors (Lipinski definition) is 6. The van der Waals surface area contributed by atoms with Crippen molar-refractivity contribution in [3.8, 4) is 5.75 Å². The van der Waals surface area contributed by atoms with Crippen molar-refractivity contribution in [2.75, 3.05) is 10.6 Å². The van der Waals surface area contributed by atoms with Gasteiger partial charge in [-0.15, -0.1) is 10.2 Å². The van der Waals surface area contributed by atoms with Crippen LogP contribution in [0.15, 0.2) is 91.6 Å². The largest absolute Gasteiger partial charge is 0.505 e. The van der Waals surface area contributed by atoms with E-state index in [9.17, 15) is 44.0 Å². The normalized spacial score (nSPS) is 12.4. The molecule has 22 heteroatoms. The Morgan fingerprint density at radius 2 is 1.21 bits per heavy atom. The fraction of sp³-hybridized carbons (Fsp3) is 0. The van der Waals surface area contributed by atoms with Crippen LogP contribution in [-0.4, -0.2) is 59.0 Å². The van der Waals surface area contributed by atoms with Gasteiger partial charge in [-0.25, -0.2) is 0 Å². The van der Waals surface area contributed by atoms with Crippen molar-refractivity contribution < 1.29 is 44.0 Å². The number of benzene rings is 4. The maximum atomic E-state index is 12.4. The fourth-order valence-electron chi connectivity index (χ4n) is 4.18. The molecule has 5 rings (SSSR count). The summed E-state index contributed by atoms with van der Waals surface area (Å²) in [5.41, 5.74) is -1.31. The van der Waals surface area contributed by atoms with Crippen molar-refractivity contribution in [3.63, 3.8) is 0 Å². The zero-order valence-electron chi connectivity index (χ0n) is 22.8. The van der Waals surface area contributed by atoms with Gasteiger partial charge in [0.25, 0.3) is 30.4 Å². The Hall–Kier alpha value is -4.54. The van der Waals surface area contributed by atoms with E-state index in [1.54, 1.807) is 24.3 Å². The van der Waals surface area contributed by atoms with E-state index in [2.05, 4.69) is 35.8 Å². The highest BCUT2D eigenvalue weighted by Gasteiger charge is 2.28. The predicted octanol–water partition coefficient (Wildman–Crippen LogP) is 5.68. The van der Waals surface area contributed by atoms with Gasteiger partial charge < -0.3 is 15.7 Å². The number of nitrogens with one attached hydrogen (secondary N) is 2. The van der Waals surface area contributed by atoms with E-state index in [0.717, 1.165) is 24.3 Å². The minimum atomic E-state index is -5.32. The lowest BCUT2D eigenvalue weighted by Gasteiger charge is -2.16. The molecule has 5 aromatic rings. The second kappa shape index (κ2) is 12.6. The number of hydrogen-bond acceptors (Lipinski definition) is 14. The maximum Gasteiger partial charge on any atom is 0.296 e. The molecule has 0 spiro atoms. The van der Waals surface area contributed by atoms with E-state index in [1.165, 1.54) is 12.1 Å². The van der Waals surface area contributed by atoms with E-state index in [0.29, 0.717) is 16.8 Å². The van der Waals surface area contributed by atoms with E-state index in [1.807, 2.05) is 0 Å². The molecule has 17 nitrogen and oxygen atoms in total. The average Bonchev–Trinajstić information content (AvgIpc) is 2.96. The van der Waals surface area contributed by atoms with Gasteiger partial charge in [0.15, 0.2) is 5.75 Å². The Morgan fingerprint density at radius 1 is 0.638 bits per heavy atom. The summed E-state index contributed by atoms with van der Waals surface area (Å²) >= 11 is 12.3. The molecule has 1 aromatic heterocycles. The molecular weight excluding hydrogens is 725 g/mol. The van der Waals surface area contributed by atoms with Gasteiger partial charge in [0.1, 0.15) is 26.1 Å². The average molecular weight is 743 g/mol. The number of halogens is 2. The van der Waals surface area contributed by atoms with Gasteiger partial charge >= 0.3 is 0 Å². The lowest BCUT2D eigenvalue weighted by molar-refractivity contribution is 0.471.